The fraction of sp³-hybridized carbons (Fsp3) is 0. The number of para-hydroxylation sites is 2. The van der Waals surface area contributed by atoms with Crippen LogP contribution in [0.3, 0.4) is 0 Å². The molecule has 0 aliphatic rings. The second-order valence-corrected chi connectivity index (χ2v) is 4.40. The second kappa shape index (κ2) is 5.50. The van der Waals surface area contributed by atoms with E-state index < -0.39 is 6.03 Å². The molecule has 2 N–H and O–H groups in total. The molecule has 5 nitrogen and oxygen atoms in total. The van der Waals surface area contributed by atoms with Crippen molar-refractivity contribution in [3.63, 3.8) is 0 Å². The van der Waals surface area contributed by atoms with Crippen LogP contribution in [0.4, 0.5) is 4.79 Å². The number of benzene rings is 2. The van der Waals surface area contributed by atoms with Crippen molar-refractivity contribution in [2.24, 2.45) is 5.73 Å². The molecule has 3 rings (SSSR count). The highest BCUT2D eigenvalue weighted by Crippen LogP contribution is 2.31. The van der Waals surface area contributed by atoms with Crippen molar-refractivity contribution in [2.45, 2.75) is 0 Å². The van der Waals surface area contributed by atoms with E-state index in [9.17, 15) is 4.79 Å². The first-order chi connectivity index (χ1) is 10.2. The molecule has 0 bridgehead atoms. The van der Waals surface area contributed by atoms with Gasteiger partial charge in [0.1, 0.15) is 11.5 Å². The number of carbonyl (C=O) groups excluding carboxylic acids is 1. The van der Waals surface area contributed by atoms with Crippen LogP contribution >= 0.6 is 0 Å². The monoisotopic (exact) mass is 279 g/mol. The number of rotatable bonds is 3. The molecule has 0 unspecified atom stereocenters. The zero-order valence-electron chi connectivity index (χ0n) is 11.1. The maximum absolute atomic E-state index is 11.1. The third kappa shape index (κ3) is 2.76. The molecule has 0 saturated heterocycles. The number of hydrogen-bond acceptors (Lipinski definition) is 3. The minimum absolute atomic E-state index is 0.622. The summed E-state index contributed by atoms with van der Waals surface area (Å²) in [5, 5.41) is 4.14. The fourth-order valence-corrected chi connectivity index (χ4v) is 1.97. The Morgan fingerprint density at radius 2 is 1.71 bits per heavy atom. The van der Waals surface area contributed by atoms with Crippen LogP contribution in [-0.2, 0) is 0 Å². The van der Waals surface area contributed by atoms with Gasteiger partial charge in [-0.25, -0.2) is 4.79 Å². The highest BCUT2D eigenvalue weighted by Gasteiger charge is 2.11. The maximum Gasteiger partial charge on any atom is 0.339 e. The van der Waals surface area contributed by atoms with Gasteiger partial charge < -0.3 is 10.5 Å². The Labute approximate surface area is 121 Å². The zero-order chi connectivity index (χ0) is 14.7. The number of ether oxygens (including phenoxy) is 1. The van der Waals surface area contributed by atoms with Crippen LogP contribution < -0.4 is 10.5 Å². The van der Waals surface area contributed by atoms with Gasteiger partial charge in [-0.15, -0.1) is 0 Å². The standard InChI is InChI=1S/C16H13N3O2/c17-16(20)19-11-10-14(18-19)13-8-4-5-9-15(13)21-12-6-2-1-3-7-12/h1-11H,(H2,17,20). The van der Waals surface area contributed by atoms with Gasteiger partial charge >= 0.3 is 6.03 Å². The molecular weight excluding hydrogens is 266 g/mol. The van der Waals surface area contributed by atoms with Gasteiger partial charge in [-0.1, -0.05) is 30.3 Å². The van der Waals surface area contributed by atoms with Crippen molar-refractivity contribution in [2.75, 3.05) is 0 Å². The third-order valence-electron chi connectivity index (χ3n) is 2.95. The maximum atomic E-state index is 11.1. The van der Waals surface area contributed by atoms with Crippen LogP contribution in [0.5, 0.6) is 11.5 Å². The number of primary amides is 1. The minimum Gasteiger partial charge on any atom is -0.457 e. The van der Waals surface area contributed by atoms with Crippen molar-refractivity contribution in [1.29, 1.82) is 0 Å². The van der Waals surface area contributed by atoms with E-state index in [1.165, 1.54) is 6.20 Å². The largest absolute Gasteiger partial charge is 0.457 e. The highest BCUT2D eigenvalue weighted by molar-refractivity contribution is 5.75. The third-order valence-corrected chi connectivity index (χ3v) is 2.95. The number of carbonyl (C=O) groups is 1. The number of amides is 1. The molecule has 2 aromatic carbocycles. The number of nitrogens with zero attached hydrogens (tertiary/aromatic N) is 2. The van der Waals surface area contributed by atoms with Crippen LogP contribution in [0.2, 0.25) is 0 Å². The van der Waals surface area contributed by atoms with Crippen LogP contribution in [0, 0.1) is 0 Å². The number of aromatic nitrogens is 2. The summed E-state index contributed by atoms with van der Waals surface area (Å²) in [4.78, 5) is 11.1. The van der Waals surface area contributed by atoms with Crippen molar-refractivity contribution in [1.82, 2.24) is 9.78 Å². The van der Waals surface area contributed by atoms with Crippen LogP contribution in [0.25, 0.3) is 11.3 Å². The predicted octanol–water partition coefficient (Wildman–Crippen LogP) is 3.27. The van der Waals surface area contributed by atoms with Crippen molar-refractivity contribution >= 4 is 6.03 Å². The number of hydrogen-bond donors (Lipinski definition) is 1. The van der Waals surface area contributed by atoms with E-state index in [0.29, 0.717) is 11.4 Å². The topological polar surface area (TPSA) is 70.1 Å². The molecule has 1 amide bonds. The van der Waals surface area contributed by atoms with Gasteiger partial charge in [-0.2, -0.15) is 9.78 Å². The summed E-state index contributed by atoms with van der Waals surface area (Å²) < 4.78 is 6.96. The molecule has 1 heterocycles. The van der Waals surface area contributed by atoms with E-state index in [0.717, 1.165) is 16.0 Å². The van der Waals surface area contributed by atoms with Gasteiger partial charge in [-0.3, -0.25) is 0 Å². The average Bonchev–Trinajstić information content (AvgIpc) is 2.99. The first-order valence-corrected chi connectivity index (χ1v) is 6.42. The fourth-order valence-electron chi connectivity index (χ4n) is 1.97. The molecule has 104 valence electrons. The molecule has 0 aliphatic heterocycles. The van der Waals surface area contributed by atoms with E-state index in [4.69, 9.17) is 10.5 Å². The molecule has 21 heavy (non-hydrogen) atoms. The summed E-state index contributed by atoms with van der Waals surface area (Å²) in [6.07, 6.45) is 1.52. The molecule has 0 spiro atoms. The summed E-state index contributed by atoms with van der Waals surface area (Å²) >= 11 is 0. The van der Waals surface area contributed by atoms with Crippen LogP contribution in [0.15, 0.2) is 66.9 Å². The van der Waals surface area contributed by atoms with Gasteiger partial charge in [0.05, 0.1) is 5.69 Å². The quantitative estimate of drug-likeness (QED) is 0.799. The molecule has 0 radical (unpaired) electrons. The summed E-state index contributed by atoms with van der Waals surface area (Å²) in [5.41, 5.74) is 6.62. The molecule has 1 aromatic heterocycles. The zero-order valence-corrected chi connectivity index (χ0v) is 11.1. The Morgan fingerprint density at radius 3 is 2.43 bits per heavy atom. The first kappa shape index (κ1) is 12.9. The first-order valence-electron chi connectivity index (χ1n) is 6.42. The lowest BCUT2D eigenvalue weighted by Crippen LogP contribution is -2.19. The Bertz CT molecular complexity index is 766. The normalized spacial score (nSPS) is 10.3. The predicted molar refractivity (Wildman–Crippen MR) is 79.2 cm³/mol. The van der Waals surface area contributed by atoms with Crippen LogP contribution in [-0.4, -0.2) is 15.8 Å². The molecule has 3 aromatic rings. The van der Waals surface area contributed by atoms with Gasteiger partial charge in [0, 0.05) is 11.8 Å². The van der Waals surface area contributed by atoms with Gasteiger partial charge in [0.25, 0.3) is 0 Å². The summed E-state index contributed by atoms with van der Waals surface area (Å²) in [5.74, 6) is 1.40. The minimum atomic E-state index is -0.622. The summed E-state index contributed by atoms with van der Waals surface area (Å²) in [7, 11) is 0. The van der Waals surface area contributed by atoms with E-state index in [-0.39, 0.29) is 0 Å². The second-order valence-electron chi connectivity index (χ2n) is 4.40. The lowest BCUT2D eigenvalue weighted by atomic mass is 10.1. The Morgan fingerprint density at radius 1 is 1.00 bits per heavy atom. The van der Waals surface area contributed by atoms with E-state index >= 15 is 0 Å². The highest BCUT2D eigenvalue weighted by atomic mass is 16.5. The molecule has 0 aliphatic carbocycles. The molecule has 0 saturated carbocycles. The van der Waals surface area contributed by atoms with Gasteiger partial charge in [-0.05, 0) is 30.3 Å². The Balaban J connectivity index is 1.97. The number of nitrogens with two attached hydrogens (primary N) is 1. The summed E-state index contributed by atoms with van der Waals surface area (Å²) in [6, 6.07) is 18.1. The molecule has 0 fully saturated rings. The van der Waals surface area contributed by atoms with E-state index in [2.05, 4.69) is 5.10 Å². The van der Waals surface area contributed by atoms with Gasteiger partial charge in [0.2, 0.25) is 0 Å². The Hall–Kier alpha value is -3.08. The lowest BCUT2D eigenvalue weighted by Gasteiger charge is -2.09. The average molecular weight is 279 g/mol. The van der Waals surface area contributed by atoms with Crippen molar-refractivity contribution in [3.05, 3.63) is 66.9 Å². The van der Waals surface area contributed by atoms with Gasteiger partial charge in [0.15, 0.2) is 0 Å². The van der Waals surface area contributed by atoms with Crippen LogP contribution in [0.1, 0.15) is 0 Å². The molecular formula is C16H13N3O2. The molecule has 5 heteroatoms. The summed E-state index contributed by atoms with van der Waals surface area (Å²) in [6.45, 7) is 0. The van der Waals surface area contributed by atoms with E-state index in [1.54, 1.807) is 6.07 Å². The SMILES string of the molecule is NC(=O)n1ccc(-c2ccccc2Oc2ccccc2)n1. The smallest absolute Gasteiger partial charge is 0.339 e. The van der Waals surface area contributed by atoms with E-state index in [1.807, 2.05) is 54.6 Å². The Kier molecular flexibility index (Phi) is 3.39. The van der Waals surface area contributed by atoms with Crippen molar-refractivity contribution in [3.8, 4) is 22.8 Å². The van der Waals surface area contributed by atoms with Crippen molar-refractivity contribution < 1.29 is 9.53 Å². The molecule has 0 atom stereocenters. The lowest BCUT2D eigenvalue weighted by molar-refractivity contribution is 0.248.